The average Bonchev–Trinajstić information content (AvgIpc) is 3.33. The Labute approximate surface area is 184 Å². The van der Waals surface area contributed by atoms with Crippen LogP contribution in [0.4, 0.5) is 0 Å². The van der Waals surface area contributed by atoms with E-state index in [0.717, 1.165) is 43.6 Å². The number of aromatic nitrogens is 2. The van der Waals surface area contributed by atoms with E-state index < -0.39 is 14.5 Å². The van der Waals surface area contributed by atoms with Crippen LogP contribution in [0, 0.1) is 0 Å². The van der Waals surface area contributed by atoms with Gasteiger partial charge in [-0.2, -0.15) is 0 Å². The van der Waals surface area contributed by atoms with Crippen LogP contribution < -0.4 is 0 Å². The molecule has 0 bridgehead atoms. The van der Waals surface area contributed by atoms with Crippen molar-refractivity contribution in [1.82, 2.24) is 8.96 Å². The zero-order chi connectivity index (χ0) is 22.2. The largest absolute Gasteiger partial charge is 0.592 e. The van der Waals surface area contributed by atoms with Crippen molar-refractivity contribution in [1.29, 1.82) is 0 Å². The van der Waals surface area contributed by atoms with Crippen LogP contribution in [0.5, 0.6) is 0 Å². The van der Waals surface area contributed by atoms with Gasteiger partial charge in [-0.15, -0.1) is 0 Å². The normalized spacial score (nSPS) is 11.1. The highest BCUT2D eigenvalue weighted by molar-refractivity contribution is 6.44. The van der Waals surface area contributed by atoms with Crippen molar-refractivity contribution in [3.63, 3.8) is 0 Å². The Morgan fingerprint density at radius 1 is 0.375 bits per heavy atom. The fourth-order valence-electron chi connectivity index (χ4n) is 4.40. The highest BCUT2D eigenvalue weighted by Gasteiger charge is 2.19. The van der Waals surface area contributed by atoms with E-state index in [4.69, 9.17) is 0 Å². The lowest BCUT2D eigenvalue weighted by atomic mass is 10.1. The van der Waals surface area contributed by atoms with E-state index >= 15 is 0 Å². The van der Waals surface area contributed by atoms with Crippen molar-refractivity contribution in [2.45, 2.75) is 0 Å². The predicted octanol–water partition coefficient (Wildman–Crippen LogP) is 3.22. The average molecular weight is 422 g/mol. The summed E-state index contributed by atoms with van der Waals surface area (Å²) < 4.78 is 3.04. The number of hydrogen-bond donors (Lipinski definition) is 4. The second kappa shape index (κ2) is 8.18. The van der Waals surface area contributed by atoms with Gasteiger partial charge in [-0.05, 0) is 24.3 Å². The minimum absolute atomic E-state index is 0.832. The molecule has 0 aliphatic heterocycles. The molecule has 0 unspecified atom stereocenters. The van der Waals surface area contributed by atoms with E-state index in [9.17, 15) is 20.1 Å². The summed E-state index contributed by atoms with van der Waals surface area (Å²) in [5, 5.41) is 41.8. The molecule has 8 heteroatoms. The number of nitrogens with zero attached hydrogens (tertiary/aromatic N) is 2. The van der Waals surface area contributed by atoms with Gasteiger partial charge in [0.25, 0.3) is 0 Å². The first kappa shape index (κ1) is 20.4. The van der Waals surface area contributed by atoms with Gasteiger partial charge in [-0.1, -0.05) is 72.8 Å². The second-order valence-electron chi connectivity index (χ2n) is 7.50. The van der Waals surface area contributed by atoms with Gasteiger partial charge in [-0.3, -0.25) is 0 Å². The van der Waals surface area contributed by atoms with E-state index in [-0.39, 0.29) is 0 Å². The molecule has 4 N–H and O–H groups in total. The predicted molar refractivity (Wildman–Crippen MR) is 130 cm³/mol. The van der Waals surface area contributed by atoms with Gasteiger partial charge in [-0.25, -0.2) is 0 Å². The lowest BCUT2D eigenvalue weighted by molar-refractivity contribution is 0.395. The van der Waals surface area contributed by atoms with Crippen molar-refractivity contribution in [3.8, 4) is 0 Å². The molecule has 6 nitrogen and oxygen atoms in total. The highest BCUT2D eigenvalue weighted by Crippen LogP contribution is 2.29. The molecule has 0 aliphatic rings. The lowest BCUT2D eigenvalue weighted by Gasteiger charge is -2.03. The van der Waals surface area contributed by atoms with Crippen LogP contribution in [0.15, 0.2) is 97.1 Å². The molecule has 0 amide bonds. The molecule has 0 saturated heterocycles. The molecule has 2 heterocycles. The minimum Gasteiger partial charge on any atom is -0.407 e. The molecule has 0 spiro atoms. The molecular weight excluding hydrogens is 402 g/mol. The number of benzene rings is 4. The molecule has 2 aromatic heterocycles. The fraction of sp³-hybridized carbons (Fsp3) is 0. The maximum Gasteiger partial charge on any atom is 0.592 e. The van der Waals surface area contributed by atoms with Crippen molar-refractivity contribution in [3.05, 3.63) is 97.1 Å². The Morgan fingerprint density at radius 2 is 0.594 bits per heavy atom. The Kier molecular flexibility index (Phi) is 5.20. The van der Waals surface area contributed by atoms with Crippen LogP contribution in [-0.2, 0) is 0 Å². The molecule has 6 aromatic rings. The molecule has 0 radical (unpaired) electrons. The molecule has 4 aromatic carbocycles. The standard InChI is InChI=1S/2C12H10BNO2/c2*15-13(16)14-11-7-3-1-5-9(11)10-6-2-4-8-12(10)14/h2*1-8,15-16H. The highest BCUT2D eigenvalue weighted by atomic mass is 16.4. The minimum atomic E-state index is -1.51. The van der Waals surface area contributed by atoms with Crippen LogP contribution in [0.25, 0.3) is 43.6 Å². The van der Waals surface area contributed by atoms with Crippen LogP contribution in [0.3, 0.4) is 0 Å². The van der Waals surface area contributed by atoms with Crippen molar-refractivity contribution in [2.24, 2.45) is 0 Å². The Balaban J connectivity index is 0.000000135. The Bertz CT molecular complexity index is 1330. The quantitative estimate of drug-likeness (QED) is 0.323. The Hall–Kier alpha value is -3.55. The van der Waals surface area contributed by atoms with E-state index in [1.165, 1.54) is 8.96 Å². The summed E-state index contributed by atoms with van der Waals surface area (Å²) in [5.41, 5.74) is 3.33. The smallest absolute Gasteiger partial charge is 0.407 e. The molecule has 32 heavy (non-hydrogen) atoms. The van der Waals surface area contributed by atoms with Gasteiger partial charge in [0.1, 0.15) is 0 Å². The number of rotatable bonds is 2. The summed E-state index contributed by atoms with van der Waals surface area (Å²) in [5.74, 6) is 0. The third-order valence-corrected chi connectivity index (χ3v) is 5.70. The maximum atomic E-state index is 9.43. The maximum absolute atomic E-state index is 9.43. The van der Waals surface area contributed by atoms with E-state index in [1.54, 1.807) is 0 Å². The number of para-hydroxylation sites is 4. The molecule has 0 atom stereocenters. The van der Waals surface area contributed by atoms with E-state index in [1.807, 2.05) is 97.1 Å². The van der Waals surface area contributed by atoms with Crippen molar-refractivity contribution >= 4 is 58.1 Å². The lowest BCUT2D eigenvalue weighted by Crippen LogP contribution is -2.23. The number of fused-ring (bicyclic) bond motifs is 6. The van der Waals surface area contributed by atoms with Gasteiger partial charge < -0.3 is 29.1 Å². The first-order valence-corrected chi connectivity index (χ1v) is 10.3. The monoisotopic (exact) mass is 422 g/mol. The zero-order valence-corrected chi connectivity index (χ0v) is 17.1. The summed E-state index contributed by atoms with van der Waals surface area (Å²) >= 11 is 0. The SMILES string of the molecule is OB(O)n1c2ccccc2c2ccccc21.OB(O)n1c2ccccc2c2ccccc21. The van der Waals surface area contributed by atoms with Crippen LogP contribution in [-0.4, -0.2) is 43.6 Å². The summed E-state index contributed by atoms with van der Waals surface area (Å²) in [4.78, 5) is 0. The third-order valence-electron chi connectivity index (χ3n) is 5.70. The topological polar surface area (TPSA) is 90.8 Å². The summed E-state index contributed by atoms with van der Waals surface area (Å²) in [6, 6.07) is 30.8. The van der Waals surface area contributed by atoms with Gasteiger partial charge >= 0.3 is 14.5 Å². The second-order valence-corrected chi connectivity index (χ2v) is 7.50. The van der Waals surface area contributed by atoms with Gasteiger partial charge in [0, 0.05) is 43.6 Å². The fourth-order valence-corrected chi connectivity index (χ4v) is 4.40. The van der Waals surface area contributed by atoms with Crippen LogP contribution >= 0.6 is 0 Å². The molecular formula is C24H20B2N2O4. The summed E-state index contributed by atoms with van der Waals surface area (Å²) in [6.07, 6.45) is 0. The molecule has 0 saturated carbocycles. The van der Waals surface area contributed by atoms with Crippen LogP contribution in [0.1, 0.15) is 0 Å². The van der Waals surface area contributed by atoms with E-state index in [2.05, 4.69) is 0 Å². The van der Waals surface area contributed by atoms with Gasteiger partial charge in [0.2, 0.25) is 0 Å². The molecule has 6 rings (SSSR count). The van der Waals surface area contributed by atoms with Crippen molar-refractivity contribution in [2.75, 3.05) is 0 Å². The summed E-state index contributed by atoms with van der Waals surface area (Å²) in [7, 11) is -3.02. The molecule has 156 valence electrons. The van der Waals surface area contributed by atoms with Crippen LogP contribution in [0.2, 0.25) is 0 Å². The van der Waals surface area contributed by atoms with Gasteiger partial charge in [0.05, 0.1) is 0 Å². The number of hydrogen-bond acceptors (Lipinski definition) is 4. The van der Waals surface area contributed by atoms with E-state index in [0.29, 0.717) is 0 Å². The van der Waals surface area contributed by atoms with Crippen molar-refractivity contribution < 1.29 is 20.1 Å². The molecule has 0 aliphatic carbocycles. The summed E-state index contributed by atoms with van der Waals surface area (Å²) in [6.45, 7) is 0. The zero-order valence-electron chi connectivity index (χ0n) is 17.1. The Morgan fingerprint density at radius 3 is 0.812 bits per heavy atom. The third kappa shape index (κ3) is 3.26. The first-order valence-electron chi connectivity index (χ1n) is 10.3. The first-order chi connectivity index (χ1) is 15.6. The molecule has 0 fully saturated rings. The van der Waals surface area contributed by atoms with Gasteiger partial charge in [0.15, 0.2) is 0 Å².